The molecule has 1 heterocycles. The van der Waals surface area contributed by atoms with E-state index in [2.05, 4.69) is 4.74 Å². The first-order valence-electron chi connectivity index (χ1n) is 4.16. The molecule has 1 aliphatic heterocycles. The Morgan fingerprint density at radius 3 is 2.92 bits per heavy atom. The topological polar surface area (TPSA) is 49.8 Å². The van der Waals surface area contributed by atoms with E-state index in [1.165, 1.54) is 7.11 Å². The first kappa shape index (κ1) is 9.32. The van der Waals surface area contributed by atoms with E-state index in [1.807, 2.05) is 6.92 Å². The zero-order chi connectivity index (χ0) is 9.14. The Bertz CT molecular complexity index is 172. The molecule has 2 unspecified atom stereocenters. The molecule has 1 fully saturated rings. The van der Waals surface area contributed by atoms with Gasteiger partial charge in [-0.05, 0) is 12.3 Å². The van der Waals surface area contributed by atoms with Crippen LogP contribution in [0, 0.1) is 5.92 Å². The van der Waals surface area contributed by atoms with Gasteiger partial charge in [0.15, 0.2) is 0 Å². The zero-order valence-electron chi connectivity index (χ0n) is 7.49. The number of rotatable bonds is 1. The van der Waals surface area contributed by atoms with Crippen molar-refractivity contribution in [3.8, 4) is 0 Å². The molecular formula is C8H15NO3. The Morgan fingerprint density at radius 1 is 1.75 bits per heavy atom. The molecule has 1 rings (SSSR count). The summed E-state index contributed by atoms with van der Waals surface area (Å²) in [5, 5.41) is 9.00. The van der Waals surface area contributed by atoms with E-state index in [1.54, 1.807) is 4.90 Å². The zero-order valence-corrected chi connectivity index (χ0v) is 7.49. The van der Waals surface area contributed by atoms with Gasteiger partial charge in [0, 0.05) is 6.54 Å². The van der Waals surface area contributed by atoms with E-state index < -0.39 is 0 Å². The van der Waals surface area contributed by atoms with Crippen LogP contribution in [0.15, 0.2) is 0 Å². The minimum atomic E-state index is -0.335. The predicted molar refractivity (Wildman–Crippen MR) is 43.8 cm³/mol. The second kappa shape index (κ2) is 3.76. The van der Waals surface area contributed by atoms with E-state index >= 15 is 0 Å². The number of carbonyl (C=O) groups excluding carboxylic acids is 1. The molecule has 0 bridgehead atoms. The minimum Gasteiger partial charge on any atom is -0.453 e. The number of aliphatic hydroxyl groups excluding tert-OH is 1. The highest BCUT2D eigenvalue weighted by Gasteiger charge is 2.34. The van der Waals surface area contributed by atoms with Crippen molar-refractivity contribution in [2.24, 2.45) is 5.92 Å². The summed E-state index contributed by atoms with van der Waals surface area (Å²) >= 11 is 0. The summed E-state index contributed by atoms with van der Waals surface area (Å²) in [4.78, 5) is 12.7. The molecule has 1 aliphatic rings. The summed E-state index contributed by atoms with van der Waals surface area (Å²) in [5.74, 6) is 0.370. The summed E-state index contributed by atoms with van der Waals surface area (Å²) in [6.07, 6.45) is 0.610. The molecule has 70 valence electrons. The number of carbonyl (C=O) groups is 1. The minimum absolute atomic E-state index is 0.0241. The fourth-order valence-electron chi connectivity index (χ4n) is 1.63. The van der Waals surface area contributed by atoms with Gasteiger partial charge in [-0.2, -0.15) is 0 Å². The number of hydrogen-bond donors (Lipinski definition) is 1. The van der Waals surface area contributed by atoms with E-state index in [0.717, 1.165) is 6.42 Å². The van der Waals surface area contributed by atoms with Crippen molar-refractivity contribution in [1.29, 1.82) is 0 Å². The quantitative estimate of drug-likeness (QED) is 0.626. The van der Waals surface area contributed by atoms with Gasteiger partial charge in [0.1, 0.15) is 0 Å². The molecule has 4 heteroatoms. The summed E-state index contributed by atoms with van der Waals surface area (Å²) < 4.78 is 4.59. The van der Waals surface area contributed by atoms with Crippen molar-refractivity contribution >= 4 is 6.09 Å². The summed E-state index contributed by atoms with van der Waals surface area (Å²) in [6.45, 7) is 2.75. The van der Waals surface area contributed by atoms with Gasteiger partial charge in [0.25, 0.3) is 0 Å². The predicted octanol–water partition coefficient (Wildman–Crippen LogP) is 0.455. The van der Waals surface area contributed by atoms with Gasteiger partial charge in [-0.25, -0.2) is 4.79 Å². The van der Waals surface area contributed by atoms with Gasteiger partial charge >= 0.3 is 6.09 Å². The van der Waals surface area contributed by atoms with Crippen LogP contribution in [0.3, 0.4) is 0 Å². The lowest BCUT2D eigenvalue weighted by Crippen LogP contribution is -2.39. The highest BCUT2D eigenvalue weighted by molar-refractivity contribution is 5.68. The number of amides is 1. The van der Waals surface area contributed by atoms with Crippen molar-refractivity contribution < 1.29 is 14.6 Å². The molecule has 1 saturated heterocycles. The van der Waals surface area contributed by atoms with Crippen LogP contribution in [0.1, 0.15) is 13.3 Å². The van der Waals surface area contributed by atoms with Crippen LogP contribution in [-0.4, -0.2) is 42.4 Å². The lowest BCUT2D eigenvalue weighted by atomic mass is 10.0. The van der Waals surface area contributed by atoms with Crippen molar-refractivity contribution in [3.05, 3.63) is 0 Å². The molecule has 0 aromatic heterocycles. The van der Waals surface area contributed by atoms with Crippen molar-refractivity contribution in [1.82, 2.24) is 4.90 Å². The number of aliphatic hydroxyl groups is 1. The maximum absolute atomic E-state index is 11.1. The lowest BCUT2D eigenvalue weighted by Gasteiger charge is -2.23. The van der Waals surface area contributed by atoms with Gasteiger partial charge in [-0.3, -0.25) is 0 Å². The molecule has 12 heavy (non-hydrogen) atoms. The van der Waals surface area contributed by atoms with Crippen LogP contribution in [-0.2, 0) is 4.74 Å². The van der Waals surface area contributed by atoms with Crippen LogP contribution >= 0.6 is 0 Å². The number of nitrogens with zero attached hydrogens (tertiary/aromatic N) is 1. The third kappa shape index (κ3) is 1.53. The maximum Gasteiger partial charge on any atom is 0.409 e. The van der Waals surface area contributed by atoms with Crippen LogP contribution in [0.25, 0.3) is 0 Å². The molecule has 0 aromatic rings. The SMILES string of the molecule is COC(=O)N1CCC(C)C1CO. The largest absolute Gasteiger partial charge is 0.453 e. The average Bonchev–Trinajstić information content (AvgIpc) is 2.45. The molecular weight excluding hydrogens is 158 g/mol. The monoisotopic (exact) mass is 173 g/mol. The Labute approximate surface area is 72.1 Å². The van der Waals surface area contributed by atoms with Gasteiger partial charge in [-0.15, -0.1) is 0 Å². The highest BCUT2D eigenvalue weighted by Crippen LogP contribution is 2.23. The van der Waals surface area contributed by atoms with Crippen molar-refractivity contribution in [2.45, 2.75) is 19.4 Å². The number of likely N-dealkylation sites (tertiary alicyclic amines) is 1. The number of ether oxygens (including phenoxy) is 1. The van der Waals surface area contributed by atoms with Gasteiger partial charge in [0.05, 0.1) is 19.8 Å². The third-order valence-corrected chi connectivity index (χ3v) is 2.48. The molecule has 1 N–H and O–H groups in total. The fraction of sp³-hybridized carbons (Fsp3) is 0.875. The summed E-state index contributed by atoms with van der Waals surface area (Å²) in [5.41, 5.74) is 0. The molecule has 2 atom stereocenters. The molecule has 0 aliphatic carbocycles. The Morgan fingerprint density at radius 2 is 2.42 bits per heavy atom. The van der Waals surface area contributed by atoms with Gasteiger partial charge < -0.3 is 14.7 Å². The van der Waals surface area contributed by atoms with Crippen LogP contribution in [0.5, 0.6) is 0 Å². The average molecular weight is 173 g/mol. The van der Waals surface area contributed by atoms with E-state index in [9.17, 15) is 4.79 Å². The van der Waals surface area contributed by atoms with Crippen molar-refractivity contribution in [3.63, 3.8) is 0 Å². The van der Waals surface area contributed by atoms with E-state index in [-0.39, 0.29) is 18.7 Å². The summed E-state index contributed by atoms with van der Waals surface area (Å²) in [6, 6.07) is -0.0579. The molecule has 0 spiro atoms. The van der Waals surface area contributed by atoms with Crippen molar-refractivity contribution in [2.75, 3.05) is 20.3 Å². The van der Waals surface area contributed by atoms with Gasteiger partial charge in [-0.1, -0.05) is 6.92 Å². The fourth-order valence-corrected chi connectivity index (χ4v) is 1.63. The smallest absolute Gasteiger partial charge is 0.409 e. The normalized spacial score (nSPS) is 29.1. The van der Waals surface area contributed by atoms with E-state index in [0.29, 0.717) is 12.5 Å². The standard InChI is InChI=1S/C8H15NO3/c1-6-3-4-9(7(6)5-10)8(11)12-2/h6-7,10H,3-5H2,1-2H3. The Kier molecular flexibility index (Phi) is 2.92. The maximum atomic E-state index is 11.1. The summed E-state index contributed by atoms with van der Waals surface area (Å²) in [7, 11) is 1.36. The molecule has 0 saturated carbocycles. The first-order chi connectivity index (χ1) is 5.70. The molecule has 4 nitrogen and oxygen atoms in total. The Balaban J connectivity index is 2.60. The molecule has 1 amide bonds. The number of hydrogen-bond acceptors (Lipinski definition) is 3. The van der Waals surface area contributed by atoms with Gasteiger partial charge in [0.2, 0.25) is 0 Å². The van der Waals surface area contributed by atoms with E-state index in [4.69, 9.17) is 5.11 Å². The second-order valence-corrected chi connectivity index (χ2v) is 3.18. The first-order valence-corrected chi connectivity index (χ1v) is 4.16. The number of methoxy groups -OCH3 is 1. The highest BCUT2D eigenvalue weighted by atomic mass is 16.5. The third-order valence-electron chi connectivity index (χ3n) is 2.48. The second-order valence-electron chi connectivity index (χ2n) is 3.18. The van der Waals surface area contributed by atoms with Crippen LogP contribution in [0.2, 0.25) is 0 Å². The van der Waals surface area contributed by atoms with Crippen LogP contribution < -0.4 is 0 Å². The molecule has 0 aromatic carbocycles. The van der Waals surface area contributed by atoms with Crippen LogP contribution in [0.4, 0.5) is 4.79 Å². The lowest BCUT2D eigenvalue weighted by molar-refractivity contribution is 0.0940. The Hall–Kier alpha value is -0.770. The molecule has 0 radical (unpaired) electrons.